The Morgan fingerprint density at radius 3 is 2.27 bits per heavy atom. The molecule has 1 atom stereocenters. The van der Waals surface area contributed by atoms with Gasteiger partial charge in [0.1, 0.15) is 0 Å². The minimum absolute atomic E-state index is 0.154. The van der Waals surface area contributed by atoms with Gasteiger partial charge in [0, 0.05) is 12.5 Å². The number of aryl methyl sites for hydroxylation is 1. The first-order valence-corrected chi connectivity index (χ1v) is 7.83. The number of aliphatic carboxylic acids is 1. The molecule has 0 bridgehead atoms. The van der Waals surface area contributed by atoms with Gasteiger partial charge >= 0.3 is 6.18 Å². The number of halogens is 3. The number of carboxylic acid groups (broad SMARTS) is 1. The molecule has 5 nitrogen and oxygen atoms in total. The highest BCUT2D eigenvalue weighted by Crippen LogP contribution is 2.29. The van der Waals surface area contributed by atoms with E-state index in [-0.39, 0.29) is 4.90 Å². The molecule has 0 spiro atoms. The molecule has 1 unspecified atom stereocenters. The molecule has 0 fully saturated rings. The van der Waals surface area contributed by atoms with Gasteiger partial charge in [-0.05, 0) is 31.9 Å². The maximum atomic E-state index is 12.8. The Morgan fingerprint density at radius 2 is 1.82 bits per heavy atom. The molecular weight excluding hydrogens is 323 g/mol. The van der Waals surface area contributed by atoms with Crippen molar-refractivity contribution in [1.82, 2.24) is 4.72 Å². The minimum Gasteiger partial charge on any atom is -0.550 e. The zero-order valence-electron chi connectivity index (χ0n) is 11.7. The van der Waals surface area contributed by atoms with E-state index in [2.05, 4.69) is 0 Å². The molecule has 0 aliphatic carbocycles. The third kappa shape index (κ3) is 5.64. The molecule has 0 saturated carbocycles. The standard InChI is InChI=1S/C13H16F3NO4S/c1-9-2-5-11(6-3-9)22(20,21)17-8-10(13(14,15)16)4-7-12(18)19/h2-3,5-6,10,17H,4,7-8H2,1H3,(H,18,19)/p-1. The van der Waals surface area contributed by atoms with Crippen LogP contribution in [0.15, 0.2) is 29.2 Å². The number of carbonyl (C=O) groups is 1. The number of nitrogens with one attached hydrogen (secondary N) is 1. The first-order chi connectivity index (χ1) is 10.0. The Hall–Kier alpha value is -1.61. The summed E-state index contributed by atoms with van der Waals surface area (Å²) in [5.41, 5.74) is 0.807. The number of alkyl halides is 3. The van der Waals surface area contributed by atoms with E-state index in [1.54, 1.807) is 6.92 Å². The van der Waals surface area contributed by atoms with E-state index in [1.165, 1.54) is 24.3 Å². The Kier molecular flexibility index (Phi) is 5.95. The molecule has 1 aromatic rings. The highest BCUT2D eigenvalue weighted by Gasteiger charge is 2.39. The summed E-state index contributed by atoms with van der Waals surface area (Å²) in [5, 5.41) is 10.3. The minimum atomic E-state index is -4.70. The van der Waals surface area contributed by atoms with Crippen LogP contribution in [0.5, 0.6) is 0 Å². The van der Waals surface area contributed by atoms with Gasteiger partial charge in [-0.1, -0.05) is 17.7 Å². The predicted molar refractivity (Wildman–Crippen MR) is 70.2 cm³/mol. The lowest BCUT2D eigenvalue weighted by Gasteiger charge is -2.21. The Labute approximate surface area is 126 Å². The molecule has 0 radical (unpaired) electrons. The second-order valence-electron chi connectivity index (χ2n) is 4.81. The molecule has 0 aromatic heterocycles. The number of hydrogen-bond acceptors (Lipinski definition) is 4. The fraction of sp³-hybridized carbons (Fsp3) is 0.462. The molecular formula is C13H15F3NO4S-. The third-order valence-corrected chi connectivity index (χ3v) is 4.45. The molecule has 1 rings (SSSR count). The molecule has 22 heavy (non-hydrogen) atoms. The van der Waals surface area contributed by atoms with Crippen molar-refractivity contribution < 1.29 is 31.5 Å². The monoisotopic (exact) mass is 338 g/mol. The van der Waals surface area contributed by atoms with Crippen LogP contribution in [-0.2, 0) is 14.8 Å². The van der Waals surface area contributed by atoms with Crippen molar-refractivity contribution in [1.29, 1.82) is 0 Å². The summed E-state index contributed by atoms with van der Waals surface area (Å²) in [5.74, 6) is -3.71. The average molecular weight is 338 g/mol. The highest BCUT2D eigenvalue weighted by atomic mass is 32.2. The zero-order valence-corrected chi connectivity index (χ0v) is 12.5. The third-order valence-electron chi connectivity index (χ3n) is 3.01. The molecule has 0 heterocycles. The summed E-state index contributed by atoms with van der Waals surface area (Å²) in [6.07, 6.45) is -6.25. The predicted octanol–water partition coefficient (Wildman–Crippen LogP) is 0.982. The Morgan fingerprint density at radius 1 is 1.27 bits per heavy atom. The topological polar surface area (TPSA) is 86.3 Å². The van der Waals surface area contributed by atoms with Crippen molar-refractivity contribution in [2.24, 2.45) is 5.92 Å². The Balaban J connectivity index is 2.78. The van der Waals surface area contributed by atoms with Crippen LogP contribution in [0.1, 0.15) is 18.4 Å². The summed E-state index contributed by atoms with van der Waals surface area (Å²) in [7, 11) is -4.08. The first-order valence-electron chi connectivity index (χ1n) is 6.35. The highest BCUT2D eigenvalue weighted by molar-refractivity contribution is 7.89. The maximum Gasteiger partial charge on any atom is 0.393 e. The van der Waals surface area contributed by atoms with Crippen LogP contribution in [0.25, 0.3) is 0 Å². The molecule has 124 valence electrons. The van der Waals surface area contributed by atoms with Crippen molar-refractivity contribution in [2.45, 2.75) is 30.8 Å². The van der Waals surface area contributed by atoms with E-state index in [4.69, 9.17) is 0 Å². The van der Waals surface area contributed by atoms with Gasteiger partial charge in [-0.15, -0.1) is 0 Å². The molecule has 0 aliphatic rings. The van der Waals surface area contributed by atoms with E-state index in [9.17, 15) is 31.5 Å². The second-order valence-corrected chi connectivity index (χ2v) is 6.58. The lowest BCUT2D eigenvalue weighted by Crippen LogP contribution is -2.37. The van der Waals surface area contributed by atoms with Gasteiger partial charge in [0.05, 0.1) is 10.8 Å². The number of rotatable bonds is 7. The Bertz CT molecular complexity index is 611. The number of hydrogen-bond donors (Lipinski definition) is 1. The van der Waals surface area contributed by atoms with E-state index in [0.29, 0.717) is 0 Å². The lowest BCUT2D eigenvalue weighted by molar-refractivity contribution is -0.306. The van der Waals surface area contributed by atoms with Gasteiger partial charge in [-0.25, -0.2) is 13.1 Å². The number of carboxylic acids is 1. The van der Waals surface area contributed by atoms with Crippen LogP contribution in [-0.4, -0.2) is 27.1 Å². The van der Waals surface area contributed by atoms with Gasteiger partial charge < -0.3 is 9.90 Å². The largest absolute Gasteiger partial charge is 0.550 e. The smallest absolute Gasteiger partial charge is 0.393 e. The first kappa shape index (κ1) is 18.4. The SMILES string of the molecule is Cc1ccc(S(=O)(=O)NCC(CCC(=O)[O-])C(F)(F)F)cc1. The summed E-state index contributed by atoms with van der Waals surface area (Å²) >= 11 is 0. The number of benzene rings is 1. The van der Waals surface area contributed by atoms with E-state index >= 15 is 0 Å². The van der Waals surface area contributed by atoms with Crippen LogP contribution < -0.4 is 9.83 Å². The molecule has 1 N–H and O–H groups in total. The van der Waals surface area contributed by atoms with Crippen molar-refractivity contribution in [3.05, 3.63) is 29.8 Å². The number of sulfonamides is 1. The maximum absolute atomic E-state index is 12.8. The summed E-state index contributed by atoms with van der Waals surface area (Å²) in [4.78, 5) is 10.1. The normalized spacial score (nSPS) is 13.8. The summed E-state index contributed by atoms with van der Waals surface area (Å²) < 4.78 is 63.9. The van der Waals surface area contributed by atoms with Crippen LogP contribution in [0, 0.1) is 12.8 Å². The van der Waals surface area contributed by atoms with Crippen molar-refractivity contribution in [2.75, 3.05) is 6.54 Å². The van der Waals surface area contributed by atoms with Gasteiger partial charge in [0.2, 0.25) is 10.0 Å². The van der Waals surface area contributed by atoms with Gasteiger partial charge in [0.25, 0.3) is 0 Å². The van der Waals surface area contributed by atoms with Crippen LogP contribution in [0.3, 0.4) is 0 Å². The quantitative estimate of drug-likeness (QED) is 0.803. The van der Waals surface area contributed by atoms with Crippen LogP contribution in [0.2, 0.25) is 0 Å². The molecule has 0 amide bonds. The van der Waals surface area contributed by atoms with E-state index in [1.807, 2.05) is 4.72 Å². The summed E-state index contributed by atoms with van der Waals surface area (Å²) in [6, 6.07) is 5.60. The second kappa shape index (κ2) is 7.10. The van der Waals surface area contributed by atoms with Crippen LogP contribution in [0.4, 0.5) is 13.2 Å². The molecule has 0 aliphatic heterocycles. The lowest BCUT2D eigenvalue weighted by atomic mass is 10.0. The van der Waals surface area contributed by atoms with Crippen LogP contribution >= 0.6 is 0 Å². The van der Waals surface area contributed by atoms with Gasteiger partial charge in [-0.3, -0.25) is 0 Å². The fourth-order valence-electron chi connectivity index (χ4n) is 1.68. The molecule has 0 saturated heterocycles. The van der Waals surface area contributed by atoms with E-state index in [0.717, 1.165) is 5.56 Å². The van der Waals surface area contributed by atoms with Crippen molar-refractivity contribution in [3.63, 3.8) is 0 Å². The van der Waals surface area contributed by atoms with E-state index < -0.39 is 47.5 Å². The van der Waals surface area contributed by atoms with Gasteiger partial charge in [0.15, 0.2) is 0 Å². The zero-order chi connectivity index (χ0) is 17.0. The van der Waals surface area contributed by atoms with Crippen molar-refractivity contribution >= 4 is 16.0 Å². The number of carbonyl (C=O) groups excluding carboxylic acids is 1. The fourth-order valence-corrected chi connectivity index (χ4v) is 2.77. The average Bonchev–Trinajstić information content (AvgIpc) is 2.37. The summed E-state index contributed by atoms with van der Waals surface area (Å²) in [6.45, 7) is 0.816. The molecule has 1 aromatic carbocycles. The van der Waals surface area contributed by atoms with Crippen molar-refractivity contribution in [3.8, 4) is 0 Å². The molecule has 9 heteroatoms. The van der Waals surface area contributed by atoms with Gasteiger partial charge in [-0.2, -0.15) is 13.2 Å².